The Balaban J connectivity index is 1.67. The van der Waals surface area contributed by atoms with E-state index in [0.29, 0.717) is 18.0 Å². The molecule has 6 heteroatoms. The fourth-order valence-electron chi connectivity index (χ4n) is 4.51. The highest BCUT2D eigenvalue weighted by Crippen LogP contribution is 2.35. The second-order valence-electron chi connectivity index (χ2n) is 8.00. The van der Waals surface area contributed by atoms with Crippen LogP contribution in [0.2, 0.25) is 0 Å². The van der Waals surface area contributed by atoms with E-state index in [2.05, 4.69) is 16.7 Å². The van der Waals surface area contributed by atoms with E-state index in [1.165, 1.54) is 0 Å². The molecule has 1 fully saturated rings. The highest BCUT2D eigenvalue weighted by atomic mass is 16.3. The molecular formula is C24H29N3O3. The smallest absolute Gasteiger partial charge is 0.240 e. The summed E-state index contributed by atoms with van der Waals surface area (Å²) in [6.45, 7) is 8.90. The molecule has 1 aromatic heterocycles. The summed E-state index contributed by atoms with van der Waals surface area (Å²) in [6.07, 6.45) is 3.22. The first-order chi connectivity index (χ1) is 14.6. The molecule has 2 aromatic rings. The lowest BCUT2D eigenvalue weighted by Gasteiger charge is -2.43. The summed E-state index contributed by atoms with van der Waals surface area (Å²) in [5.41, 5.74) is 1.68. The molecular weight excluding hydrogens is 378 g/mol. The number of benzene rings is 1. The van der Waals surface area contributed by atoms with Crippen molar-refractivity contribution in [1.82, 2.24) is 14.7 Å². The standard InChI is InChI=1S/C24H29N3O3/c1-3-25-11-13-26(14-12-25)23(19-8-5-4-6-9-19)22-21(28)16-18(2)27(24(22)29)17-20-10-7-15-30-20/h4-10,15-16,22-23H,3,11-14,17H2,1-2H3. The summed E-state index contributed by atoms with van der Waals surface area (Å²) in [4.78, 5) is 33.2. The van der Waals surface area contributed by atoms with Crippen LogP contribution in [-0.2, 0) is 16.1 Å². The number of allylic oxidation sites excluding steroid dienone is 2. The van der Waals surface area contributed by atoms with Gasteiger partial charge >= 0.3 is 0 Å². The van der Waals surface area contributed by atoms with E-state index < -0.39 is 5.92 Å². The molecule has 0 radical (unpaired) electrons. The Morgan fingerprint density at radius 3 is 2.40 bits per heavy atom. The van der Waals surface area contributed by atoms with Crippen molar-refractivity contribution in [3.63, 3.8) is 0 Å². The van der Waals surface area contributed by atoms with Crippen LogP contribution in [0.25, 0.3) is 0 Å². The van der Waals surface area contributed by atoms with Crippen molar-refractivity contribution < 1.29 is 14.0 Å². The quantitative estimate of drug-likeness (QED) is 0.689. The molecule has 1 amide bonds. The zero-order chi connectivity index (χ0) is 21.1. The van der Waals surface area contributed by atoms with Crippen LogP contribution < -0.4 is 0 Å². The molecule has 3 heterocycles. The molecule has 0 bridgehead atoms. The molecule has 158 valence electrons. The maximum Gasteiger partial charge on any atom is 0.240 e. The average Bonchev–Trinajstić information content (AvgIpc) is 3.28. The molecule has 0 spiro atoms. The minimum Gasteiger partial charge on any atom is -0.467 e. The lowest BCUT2D eigenvalue weighted by molar-refractivity contribution is -0.144. The summed E-state index contributed by atoms with van der Waals surface area (Å²) in [6, 6.07) is 13.4. The fraction of sp³-hybridized carbons (Fsp3) is 0.417. The van der Waals surface area contributed by atoms with Gasteiger partial charge in [0.1, 0.15) is 11.7 Å². The highest BCUT2D eigenvalue weighted by molar-refractivity contribution is 6.10. The third kappa shape index (κ3) is 4.11. The van der Waals surface area contributed by atoms with E-state index in [9.17, 15) is 9.59 Å². The third-order valence-corrected chi connectivity index (χ3v) is 6.21. The Morgan fingerprint density at radius 1 is 1.03 bits per heavy atom. The van der Waals surface area contributed by atoms with Crippen LogP contribution in [0, 0.1) is 5.92 Å². The van der Waals surface area contributed by atoms with Gasteiger partial charge < -0.3 is 14.2 Å². The molecule has 1 saturated heterocycles. The molecule has 0 N–H and O–H groups in total. The van der Waals surface area contributed by atoms with Crippen molar-refractivity contribution in [2.75, 3.05) is 32.7 Å². The van der Waals surface area contributed by atoms with E-state index in [4.69, 9.17) is 4.42 Å². The minimum atomic E-state index is -0.751. The van der Waals surface area contributed by atoms with Gasteiger partial charge in [0.05, 0.1) is 18.8 Å². The zero-order valence-corrected chi connectivity index (χ0v) is 17.7. The average molecular weight is 408 g/mol. The van der Waals surface area contributed by atoms with Gasteiger partial charge in [0.2, 0.25) is 5.91 Å². The maximum absolute atomic E-state index is 13.6. The van der Waals surface area contributed by atoms with E-state index in [1.807, 2.05) is 49.4 Å². The molecule has 1 aromatic carbocycles. The van der Waals surface area contributed by atoms with Crippen LogP contribution >= 0.6 is 0 Å². The molecule has 2 aliphatic rings. The SMILES string of the molecule is CCN1CCN(C(c2ccccc2)C2C(=O)C=C(C)N(Cc3ccco3)C2=O)CC1. The minimum absolute atomic E-state index is 0.111. The number of hydrogen-bond donors (Lipinski definition) is 0. The van der Waals surface area contributed by atoms with Gasteiger partial charge in [-0.3, -0.25) is 14.5 Å². The largest absolute Gasteiger partial charge is 0.467 e. The fourth-order valence-corrected chi connectivity index (χ4v) is 4.51. The summed E-state index contributed by atoms with van der Waals surface area (Å²) in [5, 5.41) is 0. The molecule has 0 saturated carbocycles. The van der Waals surface area contributed by atoms with Crippen molar-refractivity contribution in [3.05, 3.63) is 71.8 Å². The number of amides is 1. The predicted molar refractivity (Wildman–Crippen MR) is 114 cm³/mol. The molecule has 2 aliphatic heterocycles. The number of hydrogen-bond acceptors (Lipinski definition) is 5. The Hall–Kier alpha value is -2.70. The van der Waals surface area contributed by atoms with E-state index in [1.54, 1.807) is 17.2 Å². The number of likely N-dealkylation sites (N-methyl/N-ethyl adjacent to an activating group) is 1. The van der Waals surface area contributed by atoms with Gasteiger partial charge in [0.25, 0.3) is 0 Å². The number of rotatable bonds is 6. The number of furan rings is 1. The Labute approximate surface area is 177 Å². The first-order valence-electron chi connectivity index (χ1n) is 10.7. The summed E-state index contributed by atoms with van der Waals surface area (Å²) in [7, 11) is 0. The number of carbonyl (C=O) groups is 2. The Bertz CT molecular complexity index is 899. The van der Waals surface area contributed by atoms with Crippen LogP contribution in [-0.4, -0.2) is 59.1 Å². The van der Waals surface area contributed by atoms with Crippen LogP contribution in [0.1, 0.15) is 31.2 Å². The first kappa shape index (κ1) is 20.6. The number of piperazine rings is 1. The van der Waals surface area contributed by atoms with E-state index in [-0.39, 0.29) is 17.7 Å². The van der Waals surface area contributed by atoms with Crippen LogP contribution in [0.3, 0.4) is 0 Å². The molecule has 6 nitrogen and oxygen atoms in total. The first-order valence-corrected chi connectivity index (χ1v) is 10.7. The van der Waals surface area contributed by atoms with Crippen molar-refractivity contribution in [2.24, 2.45) is 5.92 Å². The molecule has 30 heavy (non-hydrogen) atoms. The van der Waals surface area contributed by atoms with Crippen LogP contribution in [0.15, 0.2) is 64.9 Å². The second-order valence-corrected chi connectivity index (χ2v) is 8.00. The lowest BCUT2D eigenvalue weighted by Crippen LogP contribution is -2.53. The monoisotopic (exact) mass is 407 g/mol. The second kappa shape index (κ2) is 8.98. The van der Waals surface area contributed by atoms with Crippen molar-refractivity contribution in [3.8, 4) is 0 Å². The van der Waals surface area contributed by atoms with Crippen molar-refractivity contribution in [2.45, 2.75) is 26.4 Å². The topological polar surface area (TPSA) is 57.0 Å². The third-order valence-electron chi connectivity index (χ3n) is 6.21. The number of carbonyl (C=O) groups excluding carboxylic acids is 2. The van der Waals surface area contributed by atoms with Gasteiger partial charge in [-0.2, -0.15) is 0 Å². The summed E-state index contributed by atoms with van der Waals surface area (Å²) >= 11 is 0. The molecule has 4 rings (SSSR count). The molecule has 0 aliphatic carbocycles. The number of ketones is 1. The lowest BCUT2D eigenvalue weighted by atomic mass is 9.84. The highest BCUT2D eigenvalue weighted by Gasteiger charge is 2.44. The molecule has 2 atom stereocenters. The van der Waals surface area contributed by atoms with Crippen molar-refractivity contribution >= 4 is 11.7 Å². The van der Waals surface area contributed by atoms with Gasteiger partial charge in [0.15, 0.2) is 5.78 Å². The zero-order valence-electron chi connectivity index (χ0n) is 17.7. The summed E-state index contributed by atoms with van der Waals surface area (Å²) in [5.74, 6) is -0.306. The van der Waals surface area contributed by atoms with Gasteiger partial charge in [-0.15, -0.1) is 0 Å². The van der Waals surface area contributed by atoms with Crippen LogP contribution in [0.4, 0.5) is 0 Å². The van der Waals surface area contributed by atoms with Crippen LogP contribution in [0.5, 0.6) is 0 Å². The number of nitrogens with zero attached hydrogens (tertiary/aromatic N) is 3. The van der Waals surface area contributed by atoms with Crippen molar-refractivity contribution in [1.29, 1.82) is 0 Å². The van der Waals surface area contributed by atoms with Gasteiger partial charge in [-0.1, -0.05) is 37.3 Å². The van der Waals surface area contributed by atoms with Gasteiger partial charge in [-0.25, -0.2) is 0 Å². The maximum atomic E-state index is 13.6. The van der Waals surface area contributed by atoms with Gasteiger partial charge in [0, 0.05) is 38.0 Å². The summed E-state index contributed by atoms with van der Waals surface area (Å²) < 4.78 is 5.46. The van der Waals surface area contributed by atoms with Gasteiger partial charge in [-0.05, 0) is 31.2 Å². The molecule has 2 unspecified atom stereocenters. The Kier molecular flexibility index (Phi) is 6.16. The predicted octanol–water partition coefficient (Wildman–Crippen LogP) is 3.09. The van der Waals surface area contributed by atoms with E-state index in [0.717, 1.165) is 38.3 Å². The van der Waals surface area contributed by atoms with E-state index >= 15 is 0 Å². The Morgan fingerprint density at radius 2 is 1.77 bits per heavy atom. The normalized spacial score (nSPS) is 22.3.